The Kier molecular flexibility index (Phi) is 4.51. The molecule has 0 bridgehead atoms. The molecule has 1 aromatic rings. The van der Waals surface area contributed by atoms with Gasteiger partial charge in [0.25, 0.3) is 5.91 Å². The molecule has 1 aliphatic rings. The molecule has 0 aliphatic heterocycles. The van der Waals surface area contributed by atoms with E-state index in [1.807, 2.05) is 11.4 Å². The summed E-state index contributed by atoms with van der Waals surface area (Å²) in [6, 6.07) is 1.83. The van der Waals surface area contributed by atoms with E-state index >= 15 is 0 Å². The molecule has 2 unspecified atom stereocenters. The average molecular weight is 269 g/mol. The fourth-order valence-electron chi connectivity index (χ4n) is 2.51. The van der Waals surface area contributed by atoms with Crippen LogP contribution < -0.4 is 5.32 Å². The minimum absolute atomic E-state index is 0.0496. The largest absolute Gasteiger partial charge is 0.351 e. The van der Waals surface area contributed by atoms with E-state index in [2.05, 4.69) is 24.9 Å². The molecular weight excluding hydrogens is 250 g/mol. The van der Waals surface area contributed by atoms with Crippen molar-refractivity contribution in [3.05, 3.63) is 16.3 Å². The Morgan fingerprint density at radius 3 is 3.06 bits per heavy atom. The number of hydrogen-bond donors (Lipinski definition) is 2. The highest BCUT2D eigenvalue weighted by Gasteiger charge is 2.19. The second kappa shape index (κ2) is 5.91. The summed E-state index contributed by atoms with van der Waals surface area (Å²) >= 11 is 5.67. The zero-order valence-electron chi connectivity index (χ0n) is 10.1. The van der Waals surface area contributed by atoms with Crippen molar-refractivity contribution in [2.75, 3.05) is 6.54 Å². The first-order valence-electron chi connectivity index (χ1n) is 6.21. The van der Waals surface area contributed by atoms with Gasteiger partial charge in [0, 0.05) is 16.8 Å². The Hall–Kier alpha value is -0.480. The average Bonchev–Trinajstić information content (AvgIpc) is 2.73. The second-order valence-corrected chi connectivity index (χ2v) is 6.44. The number of thiol groups is 1. The molecule has 0 aromatic carbocycles. The monoisotopic (exact) mass is 269 g/mol. The zero-order chi connectivity index (χ0) is 12.3. The molecule has 2 nitrogen and oxygen atoms in total. The summed E-state index contributed by atoms with van der Waals surface area (Å²) in [4.78, 5) is 13.5. The van der Waals surface area contributed by atoms with Gasteiger partial charge in [0.2, 0.25) is 0 Å². The van der Waals surface area contributed by atoms with Crippen molar-refractivity contribution < 1.29 is 4.79 Å². The summed E-state index contributed by atoms with van der Waals surface area (Å²) < 4.78 is 0. The molecular formula is C13H19NOS2. The lowest BCUT2D eigenvalue weighted by Gasteiger charge is -2.26. The molecule has 1 amide bonds. The van der Waals surface area contributed by atoms with Crippen LogP contribution in [0.4, 0.5) is 0 Å². The van der Waals surface area contributed by atoms with E-state index in [4.69, 9.17) is 0 Å². The van der Waals surface area contributed by atoms with E-state index < -0.39 is 0 Å². The molecule has 2 atom stereocenters. The second-order valence-electron chi connectivity index (χ2n) is 5.02. The molecule has 4 heteroatoms. The van der Waals surface area contributed by atoms with Crippen molar-refractivity contribution >= 4 is 29.9 Å². The van der Waals surface area contributed by atoms with Crippen LogP contribution in [0, 0.1) is 11.8 Å². The van der Waals surface area contributed by atoms with Crippen molar-refractivity contribution in [2.45, 2.75) is 37.5 Å². The highest BCUT2D eigenvalue weighted by Crippen LogP contribution is 2.28. The molecule has 1 heterocycles. The molecule has 0 radical (unpaired) electrons. The van der Waals surface area contributed by atoms with Gasteiger partial charge >= 0.3 is 0 Å². The van der Waals surface area contributed by atoms with Crippen LogP contribution in [0.1, 0.15) is 42.3 Å². The van der Waals surface area contributed by atoms with Crippen molar-refractivity contribution in [3.63, 3.8) is 0 Å². The first kappa shape index (κ1) is 13.0. The number of amides is 1. The number of carbonyl (C=O) groups is 1. The Bertz CT molecular complexity index is 389. The molecule has 0 spiro atoms. The fourth-order valence-corrected chi connectivity index (χ4v) is 3.58. The van der Waals surface area contributed by atoms with Gasteiger partial charge in [-0.1, -0.05) is 19.8 Å². The number of thiophene rings is 1. The van der Waals surface area contributed by atoms with Gasteiger partial charge in [-0.15, -0.1) is 24.0 Å². The summed E-state index contributed by atoms with van der Waals surface area (Å²) in [5.41, 5.74) is 0. The number of nitrogens with one attached hydrogen (secondary N) is 1. The maximum absolute atomic E-state index is 11.8. The van der Waals surface area contributed by atoms with Crippen LogP contribution in [0.2, 0.25) is 0 Å². The molecule has 17 heavy (non-hydrogen) atoms. The number of rotatable bonds is 3. The van der Waals surface area contributed by atoms with Crippen LogP contribution in [0.15, 0.2) is 16.3 Å². The van der Waals surface area contributed by atoms with Crippen LogP contribution in [-0.2, 0) is 0 Å². The first-order valence-corrected chi connectivity index (χ1v) is 7.53. The highest BCUT2D eigenvalue weighted by atomic mass is 32.1. The molecule has 1 saturated carbocycles. The van der Waals surface area contributed by atoms with Gasteiger partial charge in [-0.2, -0.15) is 0 Å². The summed E-state index contributed by atoms with van der Waals surface area (Å²) in [5.74, 6) is 1.53. The molecule has 1 aromatic heterocycles. The Morgan fingerprint density at radius 1 is 1.59 bits per heavy atom. The number of carbonyl (C=O) groups excluding carboxylic acids is 1. The molecule has 1 N–H and O–H groups in total. The highest BCUT2D eigenvalue weighted by molar-refractivity contribution is 7.80. The van der Waals surface area contributed by atoms with Crippen molar-refractivity contribution in [3.8, 4) is 0 Å². The van der Waals surface area contributed by atoms with E-state index in [0.29, 0.717) is 5.92 Å². The van der Waals surface area contributed by atoms with Gasteiger partial charge in [0.15, 0.2) is 0 Å². The van der Waals surface area contributed by atoms with Crippen LogP contribution in [0.25, 0.3) is 0 Å². The lowest BCUT2D eigenvalue weighted by molar-refractivity contribution is 0.0944. The van der Waals surface area contributed by atoms with Crippen molar-refractivity contribution in [2.24, 2.45) is 11.8 Å². The molecule has 1 fully saturated rings. The zero-order valence-corrected chi connectivity index (χ0v) is 11.8. The normalized spacial score (nSPS) is 24.6. The summed E-state index contributed by atoms with van der Waals surface area (Å²) in [7, 11) is 0. The van der Waals surface area contributed by atoms with Gasteiger partial charge in [0.1, 0.15) is 0 Å². The van der Waals surface area contributed by atoms with E-state index in [0.717, 1.165) is 22.2 Å². The van der Waals surface area contributed by atoms with E-state index in [1.54, 1.807) is 0 Å². The first-order chi connectivity index (χ1) is 8.15. The van der Waals surface area contributed by atoms with Gasteiger partial charge in [-0.25, -0.2) is 0 Å². The van der Waals surface area contributed by atoms with Gasteiger partial charge in [0.05, 0.1) is 4.88 Å². The molecule has 94 valence electrons. The third kappa shape index (κ3) is 3.75. The van der Waals surface area contributed by atoms with E-state index in [1.165, 1.54) is 37.0 Å². The van der Waals surface area contributed by atoms with Gasteiger partial charge < -0.3 is 5.32 Å². The third-order valence-corrected chi connectivity index (χ3v) is 4.77. The molecule has 1 aliphatic carbocycles. The minimum atomic E-state index is 0.0496. The summed E-state index contributed by atoms with van der Waals surface area (Å²) in [6.45, 7) is 3.13. The predicted octanol–water partition coefficient (Wildman–Crippen LogP) is 3.59. The Morgan fingerprint density at radius 2 is 2.41 bits per heavy atom. The van der Waals surface area contributed by atoms with Crippen molar-refractivity contribution in [1.82, 2.24) is 5.32 Å². The molecule has 2 rings (SSSR count). The maximum Gasteiger partial charge on any atom is 0.261 e. The topological polar surface area (TPSA) is 29.1 Å². The van der Waals surface area contributed by atoms with Crippen LogP contribution in [-0.4, -0.2) is 12.5 Å². The van der Waals surface area contributed by atoms with Crippen LogP contribution in [0.5, 0.6) is 0 Å². The summed E-state index contributed by atoms with van der Waals surface area (Å²) in [6.07, 6.45) is 5.16. The quantitative estimate of drug-likeness (QED) is 0.807. The van der Waals surface area contributed by atoms with E-state index in [9.17, 15) is 4.79 Å². The fraction of sp³-hybridized carbons (Fsp3) is 0.615. The Labute approximate surface area is 112 Å². The maximum atomic E-state index is 11.8. The number of hydrogen-bond acceptors (Lipinski definition) is 3. The van der Waals surface area contributed by atoms with Gasteiger partial charge in [-0.05, 0) is 30.7 Å². The van der Waals surface area contributed by atoms with E-state index in [-0.39, 0.29) is 5.91 Å². The SMILES string of the molecule is CC1CCCC(CNC(=O)c2cc(S)cs2)C1. The van der Waals surface area contributed by atoms with Crippen LogP contribution >= 0.6 is 24.0 Å². The van der Waals surface area contributed by atoms with Gasteiger partial charge in [-0.3, -0.25) is 4.79 Å². The van der Waals surface area contributed by atoms with Crippen LogP contribution in [0.3, 0.4) is 0 Å². The standard InChI is InChI=1S/C13H19NOS2/c1-9-3-2-4-10(5-9)7-14-13(15)12-6-11(16)8-17-12/h6,8-10,16H,2-5,7H2,1H3,(H,14,15). The molecule has 0 saturated heterocycles. The van der Waals surface area contributed by atoms with Crippen molar-refractivity contribution in [1.29, 1.82) is 0 Å². The third-order valence-electron chi connectivity index (χ3n) is 3.41. The lowest BCUT2D eigenvalue weighted by Crippen LogP contribution is -2.31. The Balaban J connectivity index is 1.80. The minimum Gasteiger partial charge on any atom is -0.351 e. The lowest BCUT2D eigenvalue weighted by atomic mass is 9.82. The smallest absolute Gasteiger partial charge is 0.261 e. The summed E-state index contributed by atoms with van der Waals surface area (Å²) in [5, 5.41) is 4.93. The predicted molar refractivity (Wildman–Crippen MR) is 75.0 cm³/mol.